The lowest BCUT2D eigenvalue weighted by molar-refractivity contribution is -0.191. The van der Waals surface area contributed by atoms with Crippen molar-refractivity contribution >= 4 is 0 Å². The highest BCUT2D eigenvalue weighted by Gasteiger charge is 2.30. The van der Waals surface area contributed by atoms with Crippen molar-refractivity contribution in [3.8, 4) is 0 Å². The molecule has 0 aromatic rings. The van der Waals surface area contributed by atoms with Gasteiger partial charge >= 0.3 is 0 Å². The zero-order valence-corrected chi connectivity index (χ0v) is 8.29. The van der Waals surface area contributed by atoms with Crippen LogP contribution in [0, 0.1) is 0 Å². The van der Waals surface area contributed by atoms with Crippen LogP contribution in [0.25, 0.3) is 0 Å². The monoisotopic (exact) mass is 182 g/mol. The SMILES string of the molecule is C=CCC1(CC=CC)CCOCO1. The summed E-state index contributed by atoms with van der Waals surface area (Å²) < 4.78 is 10.8. The maximum Gasteiger partial charge on any atom is 0.147 e. The average molecular weight is 182 g/mol. The third-order valence-corrected chi connectivity index (χ3v) is 2.39. The fourth-order valence-corrected chi connectivity index (χ4v) is 1.56. The predicted octanol–water partition coefficient (Wildman–Crippen LogP) is 2.66. The molecular weight excluding hydrogens is 164 g/mol. The summed E-state index contributed by atoms with van der Waals surface area (Å²) in [5.74, 6) is 0. The summed E-state index contributed by atoms with van der Waals surface area (Å²) in [7, 11) is 0. The van der Waals surface area contributed by atoms with Crippen LogP contribution < -0.4 is 0 Å². The zero-order valence-electron chi connectivity index (χ0n) is 8.29. The number of hydrogen-bond acceptors (Lipinski definition) is 2. The van der Waals surface area contributed by atoms with E-state index in [-0.39, 0.29) is 5.60 Å². The molecule has 1 aliphatic heterocycles. The largest absolute Gasteiger partial charge is 0.355 e. The van der Waals surface area contributed by atoms with E-state index in [0.717, 1.165) is 25.9 Å². The van der Waals surface area contributed by atoms with Crippen molar-refractivity contribution < 1.29 is 9.47 Å². The highest BCUT2D eigenvalue weighted by atomic mass is 16.7. The highest BCUT2D eigenvalue weighted by Crippen LogP contribution is 2.29. The summed E-state index contributed by atoms with van der Waals surface area (Å²) in [6.45, 7) is 7.01. The summed E-state index contributed by atoms with van der Waals surface area (Å²) in [5, 5.41) is 0. The molecule has 1 fully saturated rings. The maximum atomic E-state index is 5.66. The van der Waals surface area contributed by atoms with Gasteiger partial charge in [0.15, 0.2) is 0 Å². The lowest BCUT2D eigenvalue weighted by Crippen LogP contribution is -2.38. The van der Waals surface area contributed by atoms with Gasteiger partial charge in [0.25, 0.3) is 0 Å². The van der Waals surface area contributed by atoms with Crippen molar-refractivity contribution in [3.05, 3.63) is 24.8 Å². The Balaban J connectivity index is 2.54. The zero-order chi connectivity index (χ0) is 9.57. The highest BCUT2D eigenvalue weighted by molar-refractivity contribution is 4.96. The Morgan fingerprint density at radius 1 is 1.46 bits per heavy atom. The van der Waals surface area contributed by atoms with Crippen LogP contribution in [0.1, 0.15) is 26.2 Å². The van der Waals surface area contributed by atoms with Crippen LogP contribution in [0.15, 0.2) is 24.8 Å². The molecule has 1 saturated heterocycles. The first-order valence-electron chi connectivity index (χ1n) is 4.77. The van der Waals surface area contributed by atoms with E-state index in [1.807, 2.05) is 13.0 Å². The molecule has 1 heterocycles. The van der Waals surface area contributed by atoms with Crippen molar-refractivity contribution in [2.45, 2.75) is 31.8 Å². The van der Waals surface area contributed by atoms with E-state index in [1.165, 1.54) is 0 Å². The normalized spacial score (nSPS) is 29.3. The summed E-state index contributed by atoms with van der Waals surface area (Å²) in [6, 6.07) is 0. The van der Waals surface area contributed by atoms with Gasteiger partial charge in [-0.25, -0.2) is 0 Å². The molecule has 0 aromatic heterocycles. The lowest BCUT2D eigenvalue weighted by atomic mass is 9.91. The molecule has 74 valence electrons. The molecule has 2 nitrogen and oxygen atoms in total. The van der Waals surface area contributed by atoms with Crippen LogP contribution in [0.5, 0.6) is 0 Å². The fourth-order valence-electron chi connectivity index (χ4n) is 1.56. The Bertz CT molecular complexity index is 179. The first kappa shape index (κ1) is 10.5. The molecule has 0 radical (unpaired) electrons. The van der Waals surface area contributed by atoms with E-state index in [0.29, 0.717) is 6.79 Å². The minimum absolute atomic E-state index is 0.0491. The number of ether oxygens (including phenoxy) is 2. The lowest BCUT2D eigenvalue weighted by Gasteiger charge is -2.35. The molecule has 1 rings (SSSR count). The van der Waals surface area contributed by atoms with Gasteiger partial charge in [-0.05, 0) is 19.8 Å². The van der Waals surface area contributed by atoms with Crippen LogP contribution >= 0.6 is 0 Å². The minimum atomic E-state index is -0.0491. The molecule has 0 N–H and O–H groups in total. The molecule has 0 aromatic carbocycles. The standard InChI is InChI=1S/C11H18O2/c1-3-5-7-11(6-4-2)8-9-12-10-13-11/h3-5H,2,6-10H2,1H3. The van der Waals surface area contributed by atoms with Crippen molar-refractivity contribution in [2.75, 3.05) is 13.4 Å². The van der Waals surface area contributed by atoms with Gasteiger partial charge in [0.05, 0.1) is 12.2 Å². The molecule has 1 atom stereocenters. The second-order valence-electron chi connectivity index (χ2n) is 3.37. The molecule has 0 saturated carbocycles. The fraction of sp³-hybridized carbons (Fsp3) is 0.636. The van der Waals surface area contributed by atoms with Crippen LogP contribution in [-0.2, 0) is 9.47 Å². The van der Waals surface area contributed by atoms with E-state index in [1.54, 1.807) is 0 Å². The molecule has 0 bridgehead atoms. The maximum absolute atomic E-state index is 5.66. The second-order valence-corrected chi connectivity index (χ2v) is 3.37. The van der Waals surface area contributed by atoms with Gasteiger partial charge in [0.1, 0.15) is 6.79 Å². The van der Waals surface area contributed by atoms with Crippen molar-refractivity contribution in [2.24, 2.45) is 0 Å². The minimum Gasteiger partial charge on any atom is -0.355 e. The molecule has 0 aliphatic carbocycles. The Labute approximate surface area is 80.2 Å². The van der Waals surface area contributed by atoms with Gasteiger partial charge in [-0.3, -0.25) is 0 Å². The third-order valence-electron chi connectivity index (χ3n) is 2.39. The molecule has 2 heteroatoms. The summed E-state index contributed by atoms with van der Waals surface area (Å²) in [4.78, 5) is 0. The number of rotatable bonds is 4. The van der Waals surface area contributed by atoms with E-state index >= 15 is 0 Å². The van der Waals surface area contributed by atoms with Crippen LogP contribution in [0.2, 0.25) is 0 Å². The van der Waals surface area contributed by atoms with E-state index in [4.69, 9.17) is 9.47 Å². The van der Waals surface area contributed by atoms with Crippen molar-refractivity contribution in [1.29, 1.82) is 0 Å². The van der Waals surface area contributed by atoms with Gasteiger partial charge in [-0.2, -0.15) is 0 Å². The van der Waals surface area contributed by atoms with Crippen molar-refractivity contribution in [3.63, 3.8) is 0 Å². The summed E-state index contributed by atoms with van der Waals surface area (Å²) in [6.07, 6.45) is 8.95. The summed E-state index contributed by atoms with van der Waals surface area (Å²) >= 11 is 0. The van der Waals surface area contributed by atoms with Crippen LogP contribution in [0.4, 0.5) is 0 Å². The van der Waals surface area contributed by atoms with Gasteiger partial charge in [-0.1, -0.05) is 18.2 Å². The molecule has 1 unspecified atom stereocenters. The van der Waals surface area contributed by atoms with E-state index in [2.05, 4.69) is 18.7 Å². The molecular formula is C11H18O2. The van der Waals surface area contributed by atoms with Gasteiger partial charge < -0.3 is 9.47 Å². The first-order valence-corrected chi connectivity index (χ1v) is 4.77. The quantitative estimate of drug-likeness (QED) is 0.622. The van der Waals surface area contributed by atoms with Crippen LogP contribution in [-0.4, -0.2) is 19.0 Å². The Morgan fingerprint density at radius 2 is 2.31 bits per heavy atom. The number of hydrogen-bond donors (Lipinski definition) is 0. The molecule has 0 amide bonds. The van der Waals surface area contributed by atoms with Crippen LogP contribution in [0.3, 0.4) is 0 Å². The Hall–Kier alpha value is -0.600. The third kappa shape index (κ3) is 2.98. The first-order chi connectivity index (χ1) is 6.33. The number of allylic oxidation sites excluding steroid dienone is 1. The molecule has 13 heavy (non-hydrogen) atoms. The van der Waals surface area contributed by atoms with E-state index < -0.39 is 0 Å². The average Bonchev–Trinajstić information content (AvgIpc) is 2.17. The van der Waals surface area contributed by atoms with Gasteiger partial charge in [0, 0.05) is 6.42 Å². The predicted molar refractivity (Wildman–Crippen MR) is 53.5 cm³/mol. The molecule has 0 spiro atoms. The topological polar surface area (TPSA) is 18.5 Å². The Morgan fingerprint density at radius 3 is 2.85 bits per heavy atom. The van der Waals surface area contributed by atoms with Gasteiger partial charge in [0.2, 0.25) is 0 Å². The second kappa shape index (κ2) is 5.20. The molecule has 1 aliphatic rings. The van der Waals surface area contributed by atoms with Crippen molar-refractivity contribution in [1.82, 2.24) is 0 Å². The Kier molecular flexibility index (Phi) is 4.19. The summed E-state index contributed by atoms with van der Waals surface area (Å²) in [5.41, 5.74) is -0.0491. The van der Waals surface area contributed by atoms with E-state index in [9.17, 15) is 0 Å². The van der Waals surface area contributed by atoms with Gasteiger partial charge in [-0.15, -0.1) is 6.58 Å². The smallest absolute Gasteiger partial charge is 0.147 e.